The van der Waals surface area contributed by atoms with Gasteiger partial charge in [0.25, 0.3) is 0 Å². The fraction of sp³-hybridized carbons (Fsp3) is 0.143. The smallest absolute Gasteiger partial charge is 0.338 e. The van der Waals surface area contributed by atoms with Crippen LogP contribution in [-0.4, -0.2) is 17.1 Å². The Morgan fingerprint density at radius 1 is 1.24 bits per heavy atom. The third-order valence-electron chi connectivity index (χ3n) is 2.69. The number of carbonyl (C=O) groups is 2. The predicted molar refractivity (Wildman–Crippen MR) is 79.7 cm³/mol. The number of halogens is 1. The second-order valence-electron chi connectivity index (χ2n) is 4.20. The summed E-state index contributed by atoms with van der Waals surface area (Å²) in [6.45, 7) is 1.90. The largest absolute Gasteiger partial charge is 0.478 e. The van der Waals surface area contributed by atoms with Crippen LogP contribution in [0.3, 0.4) is 0 Å². The molecule has 0 aliphatic carbocycles. The molecule has 0 bridgehead atoms. The third kappa shape index (κ3) is 3.79. The molecule has 0 aliphatic heterocycles. The molecule has 2 rings (SSSR count). The summed E-state index contributed by atoms with van der Waals surface area (Å²) >= 11 is 1.22. The summed E-state index contributed by atoms with van der Waals surface area (Å²) in [5.74, 6) is -1.50. The first kappa shape index (κ1) is 15.0. The maximum Gasteiger partial charge on any atom is 0.338 e. The highest BCUT2D eigenvalue weighted by molar-refractivity contribution is 7.16. The average molecular weight is 308 g/mol. The summed E-state index contributed by atoms with van der Waals surface area (Å²) in [7, 11) is 0. The Labute approximate surface area is 124 Å². The van der Waals surface area contributed by atoms with Gasteiger partial charge in [-0.05, 0) is 36.8 Å². The first-order valence-electron chi connectivity index (χ1n) is 6.19. The molecule has 1 heterocycles. The van der Waals surface area contributed by atoms with Crippen LogP contribution in [0.15, 0.2) is 30.3 Å². The Balaban J connectivity index is 2.10. The van der Waals surface area contributed by atoms with Crippen LogP contribution in [0.25, 0.3) is 0 Å². The normalized spacial score (nSPS) is 10.2. The van der Waals surface area contributed by atoms with Gasteiger partial charge < -0.3 is 10.4 Å². The second-order valence-corrected chi connectivity index (χ2v) is 5.34. The van der Waals surface area contributed by atoms with Crippen molar-refractivity contribution in [2.24, 2.45) is 0 Å². The van der Waals surface area contributed by atoms with Crippen LogP contribution in [0.1, 0.15) is 22.2 Å². The highest BCUT2D eigenvalue weighted by Gasteiger charge is 2.16. The molecule has 0 fully saturated rings. The number of hydrogen-bond donors (Lipinski definition) is 3. The molecule has 3 N–H and O–H groups in total. The lowest BCUT2D eigenvalue weighted by molar-refractivity contribution is 0.0698. The lowest BCUT2D eigenvalue weighted by Crippen LogP contribution is -2.19. The molecular formula is C14H13FN2O3S. The topological polar surface area (TPSA) is 78.4 Å². The molecule has 2 amide bonds. The monoisotopic (exact) mass is 308 g/mol. The van der Waals surface area contributed by atoms with Crippen molar-refractivity contribution in [2.75, 3.05) is 10.6 Å². The van der Waals surface area contributed by atoms with E-state index < -0.39 is 17.8 Å². The van der Waals surface area contributed by atoms with E-state index >= 15 is 0 Å². The zero-order valence-corrected chi connectivity index (χ0v) is 12.0. The van der Waals surface area contributed by atoms with E-state index in [1.165, 1.54) is 35.6 Å². The zero-order chi connectivity index (χ0) is 15.4. The lowest BCUT2D eigenvalue weighted by Gasteiger charge is -2.06. The maximum atomic E-state index is 12.8. The molecule has 0 atom stereocenters. The third-order valence-corrected chi connectivity index (χ3v) is 3.89. The molecular weight excluding hydrogens is 295 g/mol. The molecule has 0 saturated carbocycles. The number of thiophene rings is 1. The Kier molecular flexibility index (Phi) is 4.54. The number of carboxylic acids is 1. The van der Waals surface area contributed by atoms with Crippen LogP contribution in [0.2, 0.25) is 0 Å². The van der Waals surface area contributed by atoms with Crippen molar-refractivity contribution in [2.45, 2.75) is 13.3 Å². The van der Waals surface area contributed by atoms with Gasteiger partial charge in [-0.2, -0.15) is 0 Å². The quantitative estimate of drug-likeness (QED) is 0.804. The molecule has 0 saturated heterocycles. The van der Waals surface area contributed by atoms with E-state index in [0.29, 0.717) is 12.1 Å². The SMILES string of the molecule is CCc1cc(C(=O)O)c(NC(=O)Nc2ccc(F)cc2)s1. The van der Waals surface area contributed by atoms with Crippen LogP contribution in [0.4, 0.5) is 19.9 Å². The molecule has 0 spiro atoms. The zero-order valence-electron chi connectivity index (χ0n) is 11.1. The summed E-state index contributed by atoms with van der Waals surface area (Å²) < 4.78 is 12.8. The number of rotatable bonds is 4. The van der Waals surface area contributed by atoms with Gasteiger partial charge in [-0.15, -0.1) is 11.3 Å². The predicted octanol–water partition coefficient (Wildman–Crippen LogP) is 3.79. The van der Waals surface area contributed by atoms with Crippen LogP contribution in [-0.2, 0) is 6.42 Å². The van der Waals surface area contributed by atoms with E-state index in [0.717, 1.165) is 4.88 Å². The number of carboxylic acid groups (broad SMARTS) is 1. The summed E-state index contributed by atoms with van der Waals surface area (Å²) in [6.07, 6.45) is 0.687. The van der Waals surface area contributed by atoms with Crippen molar-refractivity contribution in [1.82, 2.24) is 0 Å². The first-order valence-corrected chi connectivity index (χ1v) is 7.00. The molecule has 110 valence electrons. The summed E-state index contributed by atoms with van der Waals surface area (Å²) in [5, 5.41) is 14.4. The van der Waals surface area contributed by atoms with Gasteiger partial charge in [-0.3, -0.25) is 5.32 Å². The standard InChI is InChI=1S/C14H13FN2O3S/c1-2-10-7-11(13(18)19)12(21-10)17-14(20)16-9-5-3-8(15)4-6-9/h3-7H,2H2,1H3,(H,18,19)(H2,16,17,20). The highest BCUT2D eigenvalue weighted by atomic mass is 32.1. The van der Waals surface area contributed by atoms with E-state index in [1.54, 1.807) is 6.07 Å². The molecule has 7 heteroatoms. The number of hydrogen-bond acceptors (Lipinski definition) is 3. The lowest BCUT2D eigenvalue weighted by atomic mass is 10.2. The van der Waals surface area contributed by atoms with Crippen molar-refractivity contribution >= 4 is 34.0 Å². The van der Waals surface area contributed by atoms with Crippen molar-refractivity contribution in [3.63, 3.8) is 0 Å². The second kappa shape index (κ2) is 6.36. The Morgan fingerprint density at radius 2 is 1.90 bits per heavy atom. The fourth-order valence-electron chi connectivity index (χ4n) is 1.67. The van der Waals surface area contributed by atoms with Crippen molar-refractivity contribution in [3.05, 3.63) is 46.6 Å². The summed E-state index contributed by atoms with van der Waals surface area (Å²) in [5.41, 5.74) is 0.476. The molecule has 0 radical (unpaired) electrons. The Bertz CT molecular complexity index is 667. The number of nitrogens with one attached hydrogen (secondary N) is 2. The van der Waals surface area contributed by atoms with Crippen molar-refractivity contribution in [1.29, 1.82) is 0 Å². The van der Waals surface area contributed by atoms with Gasteiger partial charge in [0, 0.05) is 10.6 Å². The average Bonchev–Trinajstić information content (AvgIpc) is 2.84. The number of aromatic carboxylic acids is 1. The van der Waals surface area contributed by atoms with Gasteiger partial charge >= 0.3 is 12.0 Å². The van der Waals surface area contributed by atoms with Crippen LogP contribution in [0, 0.1) is 5.82 Å². The van der Waals surface area contributed by atoms with E-state index in [4.69, 9.17) is 5.11 Å². The van der Waals surface area contributed by atoms with Gasteiger partial charge in [0.15, 0.2) is 0 Å². The minimum Gasteiger partial charge on any atom is -0.478 e. The summed E-state index contributed by atoms with van der Waals surface area (Å²) in [4.78, 5) is 23.8. The molecule has 0 aliphatic rings. The van der Waals surface area contributed by atoms with E-state index in [9.17, 15) is 14.0 Å². The van der Waals surface area contributed by atoms with Crippen LogP contribution in [0.5, 0.6) is 0 Å². The molecule has 2 aromatic rings. The number of urea groups is 1. The van der Waals surface area contributed by atoms with Gasteiger partial charge in [0.2, 0.25) is 0 Å². The van der Waals surface area contributed by atoms with E-state index in [1.807, 2.05) is 6.92 Å². The van der Waals surface area contributed by atoms with Gasteiger partial charge in [-0.25, -0.2) is 14.0 Å². The number of benzene rings is 1. The highest BCUT2D eigenvalue weighted by Crippen LogP contribution is 2.28. The summed E-state index contributed by atoms with van der Waals surface area (Å²) in [6, 6.07) is 6.24. The molecule has 21 heavy (non-hydrogen) atoms. The van der Waals surface area contributed by atoms with Gasteiger partial charge in [-0.1, -0.05) is 6.92 Å². The fourth-order valence-corrected chi connectivity index (χ4v) is 2.65. The molecule has 1 aromatic carbocycles. The van der Waals surface area contributed by atoms with Crippen LogP contribution >= 0.6 is 11.3 Å². The van der Waals surface area contributed by atoms with Crippen LogP contribution < -0.4 is 10.6 Å². The Morgan fingerprint density at radius 3 is 2.48 bits per heavy atom. The number of aryl methyl sites for hydroxylation is 1. The van der Waals surface area contributed by atoms with Crippen molar-refractivity contribution < 1.29 is 19.1 Å². The van der Waals surface area contributed by atoms with E-state index in [-0.39, 0.29) is 10.6 Å². The minimum atomic E-state index is -1.09. The molecule has 5 nitrogen and oxygen atoms in total. The van der Waals surface area contributed by atoms with Gasteiger partial charge in [0.05, 0.1) is 5.56 Å². The molecule has 1 aromatic heterocycles. The number of carbonyl (C=O) groups excluding carboxylic acids is 1. The maximum absolute atomic E-state index is 12.8. The Hall–Kier alpha value is -2.41. The first-order chi connectivity index (χ1) is 9.99. The minimum absolute atomic E-state index is 0.0612. The molecule has 0 unspecified atom stereocenters. The van der Waals surface area contributed by atoms with Crippen molar-refractivity contribution in [3.8, 4) is 0 Å². The van der Waals surface area contributed by atoms with E-state index in [2.05, 4.69) is 10.6 Å². The van der Waals surface area contributed by atoms with Gasteiger partial charge in [0.1, 0.15) is 10.8 Å². The number of anilines is 2. The number of amides is 2.